The lowest BCUT2D eigenvalue weighted by Crippen LogP contribution is -2.26. The number of benzene rings is 1. The molecule has 0 saturated heterocycles. The molecular formula is C15H16N2O4. The van der Waals surface area contributed by atoms with Crippen molar-refractivity contribution >= 4 is 17.3 Å². The van der Waals surface area contributed by atoms with Gasteiger partial charge in [0.1, 0.15) is 11.4 Å². The minimum absolute atomic E-state index is 0.0818. The van der Waals surface area contributed by atoms with Crippen molar-refractivity contribution in [3.05, 3.63) is 40.5 Å². The maximum Gasteiger partial charge on any atom is 0.296 e. The molecule has 1 aromatic carbocycles. The predicted molar refractivity (Wildman–Crippen MR) is 77.1 cm³/mol. The quantitative estimate of drug-likeness (QED) is 0.524. The minimum Gasteiger partial charge on any atom is -0.496 e. The molecule has 1 fully saturated rings. The Morgan fingerprint density at radius 2 is 2.19 bits per heavy atom. The smallest absolute Gasteiger partial charge is 0.296 e. The number of hydrogen-bond donors (Lipinski definition) is 1. The highest BCUT2D eigenvalue weighted by Crippen LogP contribution is 2.44. The number of carbonyl (C=O) groups excluding carboxylic acids is 1. The Morgan fingerprint density at radius 1 is 1.38 bits per heavy atom. The van der Waals surface area contributed by atoms with E-state index in [0.29, 0.717) is 11.7 Å². The van der Waals surface area contributed by atoms with Crippen molar-refractivity contribution in [3.8, 4) is 5.75 Å². The summed E-state index contributed by atoms with van der Waals surface area (Å²) in [5.74, 6) is 0.924. The third-order valence-corrected chi connectivity index (χ3v) is 4.28. The lowest BCUT2D eigenvalue weighted by Gasteiger charge is -2.17. The largest absolute Gasteiger partial charge is 0.496 e. The van der Waals surface area contributed by atoms with Gasteiger partial charge in [0.2, 0.25) is 5.91 Å². The number of hydrogen-bond acceptors (Lipinski definition) is 4. The molecule has 0 aliphatic heterocycles. The molecule has 0 spiro atoms. The number of rotatable bonds is 4. The second-order valence-electron chi connectivity index (χ2n) is 5.52. The summed E-state index contributed by atoms with van der Waals surface area (Å²) in [7, 11) is 1.44. The molecule has 0 aromatic heterocycles. The molecule has 2 aliphatic rings. The van der Waals surface area contributed by atoms with Crippen LogP contribution in [0.25, 0.3) is 0 Å². The van der Waals surface area contributed by atoms with Crippen LogP contribution in [0.1, 0.15) is 12.8 Å². The standard InChI is InChI=1S/C15H16N2O4/c1-21-11-4-5-13(14(8-11)17(19)20)16-15(18)12-7-9-2-3-10(12)6-9/h2-5,8-10,12H,6-7H2,1H3,(H,16,18)/t9-,10-,12+/m0/s1. The van der Waals surface area contributed by atoms with Crippen LogP contribution in [0.15, 0.2) is 30.4 Å². The van der Waals surface area contributed by atoms with Crippen LogP contribution in [0.5, 0.6) is 5.75 Å². The highest BCUT2D eigenvalue weighted by molar-refractivity contribution is 5.95. The van der Waals surface area contributed by atoms with E-state index in [1.54, 1.807) is 6.07 Å². The number of methoxy groups -OCH3 is 1. The van der Waals surface area contributed by atoms with Gasteiger partial charge in [0.15, 0.2) is 0 Å². The van der Waals surface area contributed by atoms with E-state index in [0.717, 1.165) is 12.8 Å². The van der Waals surface area contributed by atoms with E-state index < -0.39 is 4.92 Å². The molecule has 6 nitrogen and oxygen atoms in total. The van der Waals surface area contributed by atoms with Gasteiger partial charge in [0, 0.05) is 5.92 Å². The van der Waals surface area contributed by atoms with Crippen LogP contribution < -0.4 is 10.1 Å². The van der Waals surface area contributed by atoms with Crippen molar-refractivity contribution in [1.29, 1.82) is 0 Å². The fourth-order valence-corrected chi connectivity index (χ4v) is 3.20. The van der Waals surface area contributed by atoms with E-state index in [1.165, 1.54) is 19.2 Å². The van der Waals surface area contributed by atoms with Crippen LogP contribution in [0.3, 0.4) is 0 Å². The van der Waals surface area contributed by atoms with Crippen molar-refractivity contribution in [3.63, 3.8) is 0 Å². The summed E-state index contributed by atoms with van der Waals surface area (Å²) in [6.45, 7) is 0. The molecular weight excluding hydrogens is 272 g/mol. The van der Waals surface area contributed by atoms with Gasteiger partial charge in [0.25, 0.3) is 5.69 Å². The summed E-state index contributed by atoms with van der Waals surface area (Å²) in [4.78, 5) is 22.9. The highest BCUT2D eigenvalue weighted by Gasteiger charge is 2.40. The van der Waals surface area contributed by atoms with Gasteiger partial charge in [-0.3, -0.25) is 14.9 Å². The van der Waals surface area contributed by atoms with E-state index in [-0.39, 0.29) is 29.1 Å². The summed E-state index contributed by atoms with van der Waals surface area (Å²) in [6.07, 6.45) is 6.09. The maximum atomic E-state index is 12.3. The first-order valence-corrected chi connectivity index (χ1v) is 6.90. The number of fused-ring (bicyclic) bond motifs is 2. The molecule has 1 aromatic rings. The summed E-state index contributed by atoms with van der Waals surface area (Å²) in [6, 6.07) is 4.43. The Hall–Kier alpha value is -2.37. The van der Waals surface area contributed by atoms with Crippen molar-refractivity contribution in [2.75, 3.05) is 12.4 Å². The molecule has 1 saturated carbocycles. The molecule has 0 radical (unpaired) electrons. The number of amides is 1. The Kier molecular flexibility index (Phi) is 3.37. The average Bonchev–Trinajstić information content (AvgIpc) is 3.10. The lowest BCUT2D eigenvalue weighted by molar-refractivity contribution is -0.384. The first-order chi connectivity index (χ1) is 10.1. The monoisotopic (exact) mass is 288 g/mol. The SMILES string of the molecule is COc1ccc(NC(=O)[C@@H]2C[C@H]3C=C[C@H]2C3)c([N+](=O)[O-])c1. The second-order valence-corrected chi connectivity index (χ2v) is 5.52. The zero-order valence-corrected chi connectivity index (χ0v) is 11.6. The van der Waals surface area contributed by atoms with Crippen LogP contribution in [-0.2, 0) is 4.79 Å². The van der Waals surface area contributed by atoms with E-state index >= 15 is 0 Å². The van der Waals surface area contributed by atoms with E-state index in [2.05, 4.69) is 17.5 Å². The molecule has 6 heteroatoms. The second kappa shape index (κ2) is 5.20. The fourth-order valence-electron chi connectivity index (χ4n) is 3.20. The number of anilines is 1. The van der Waals surface area contributed by atoms with Crippen LogP contribution in [0.4, 0.5) is 11.4 Å². The number of carbonyl (C=O) groups is 1. The number of nitrogens with one attached hydrogen (secondary N) is 1. The van der Waals surface area contributed by atoms with Gasteiger partial charge < -0.3 is 10.1 Å². The van der Waals surface area contributed by atoms with Crippen LogP contribution in [-0.4, -0.2) is 17.9 Å². The Morgan fingerprint density at radius 3 is 2.76 bits per heavy atom. The Balaban J connectivity index is 1.79. The zero-order chi connectivity index (χ0) is 15.0. The first kappa shape index (κ1) is 13.6. The number of nitro benzene ring substituents is 1. The zero-order valence-electron chi connectivity index (χ0n) is 11.6. The Labute approximate surface area is 121 Å². The lowest BCUT2D eigenvalue weighted by atomic mass is 9.93. The maximum absolute atomic E-state index is 12.3. The van der Waals surface area contributed by atoms with E-state index in [9.17, 15) is 14.9 Å². The molecule has 1 N–H and O–H groups in total. The fraction of sp³-hybridized carbons (Fsp3) is 0.400. The summed E-state index contributed by atoms with van der Waals surface area (Å²) >= 11 is 0. The average molecular weight is 288 g/mol. The van der Waals surface area contributed by atoms with Crippen molar-refractivity contribution in [2.45, 2.75) is 12.8 Å². The number of ether oxygens (including phenoxy) is 1. The molecule has 2 aliphatic carbocycles. The van der Waals surface area contributed by atoms with Gasteiger partial charge in [-0.15, -0.1) is 0 Å². The van der Waals surface area contributed by atoms with Crippen molar-refractivity contribution in [1.82, 2.24) is 0 Å². The number of nitrogens with zero attached hydrogens (tertiary/aromatic N) is 1. The minimum atomic E-state index is -0.515. The van der Waals surface area contributed by atoms with Gasteiger partial charge in [0.05, 0.1) is 18.1 Å². The molecule has 0 unspecified atom stereocenters. The number of nitro groups is 1. The topological polar surface area (TPSA) is 81.5 Å². The normalized spacial score (nSPS) is 25.9. The molecule has 3 atom stereocenters. The van der Waals surface area contributed by atoms with Gasteiger partial charge in [-0.05, 0) is 36.8 Å². The summed E-state index contributed by atoms with van der Waals surface area (Å²) in [5.41, 5.74) is 0.0685. The molecule has 2 bridgehead atoms. The molecule has 3 rings (SSSR count). The molecule has 0 heterocycles. The first-order valence-electron chi connectivity index (χ1n) is 6.90. The van der Waals surface area contributed by atoms with Crippen molar-refractivity contribution in [2.24, 2.45) is 17.8 Å². The third-order valence-electron chi connectivity index (χ3n) is 4.28. The summed E-state index contributed by atoms with van der Waals surface area (Å²) < 4.78 is 4.98. The van der Waals surface area contributed by atoms with Crippen LogP contribution in [0, 0.1) is 27.9 Å². The van der Waals surface area contributed by atoms with Gasteiger partial charge in [-0.1, -0.05) is 12.2 Å². The van der Waals surface area contributed by atoms with Crippen LogP contribution in [0.2, 0.25) is 0 Å². The number of allylic oxidation sites excluding steroid dienone is 2. The molecule has 1 amide bonds. The third kappa shape index (κ3) is 2.49. The molecule has 110 valence electrons. The molecule has 21 heavy (non-hydrogen) atoms. The highest BCUT2D eigenvalue weighted by atomic mass is 16.6. The van der Waals surface area contributed by atoms with E-state index in [1.807, 2.05) is 0 Å². The summed E-state index contributed by atoms with van der Waals surface area (Å²) in [5, 5.41) is 13.8. The predicted octanol–water partition coefficient (Wildman–Crippen LogP) is 2.75. The van der Waals surface area contributed by atoms with E-state index in [4.69, 9.17) is 4.74 Å². The Bertz CT molecular complexity index is 626. The van der Waals surface area contributed by atoms with Gasteiger partial charge in [-0.2, -0.15) is 0 Å². The van der Waals surface area contributed by atoms with Gasteiger partial charge >= 0.3 is 0 Å². The van der Waals surface area contributed by atoms with Gasteiger partial charge in [-0.25, -0.2) is 0 Å². The van der Waals surface area contributed by atoms with Crippen LogP contribution >= 0.6 is 0 Å². The van der Waals surface area contributed by atoms with Crippen molar-refractivity contribution < 1.29 is 14.5 Å².